The van der Waals surface area contributed by atoms with Crippen molar-refractivity contribution in [1.82, 2.24) is 0 Å². The molecule has 24 heavy (non-hydrogen) atoms. The van der Waals surface area contributed by atoms with Gasteiger partial charge in [-0.2, -0.15) is 0 Å². The zero-order chi connectivity index (χ0) is 17.3. The molecule has 2 aromatic rings. The molecule has 0 fully saturated rings. The minimum Gasteiger partial charge on any atom is -0.448 e. The molecule has 0 radical (unpaired) electrons. The number of fused-ring (bicyclic) bond motifs is 1. The minimum atomic E-state index is -0.860. The van der Waals surface area contributed by atoms with E-state index in [0.717, 1.165) is 5.56 Å². The van der Waals surface area contributed by atoms with Gasteiger partial charge in [-0.3, -0.25) is 4.79 Å². The zero-order valence-corrected chi connectivity index (χ0v) is 14.1. The maximum Gasteiger partial charge on any atom is 0.339 e. The van der Waals surface area contributed by atoms with Gasteiger partial charge < -0.3 is 15.0 Å². The highest BCUT2D eigenvalue weighted by molar-refractivity contribution is 6.34. The molecule has 3 rings (SSSR count). The van der Waals surface area contributed by atoms with Gasteiger partial charge >= 0.3 is 5.97 Å². The topological polar surface area (TPSA) is 58.6 Å². The molecular weight excluding hydrogens is 328 g/mol. The van der Waals surface area contributed by atoms with Gasteiger partial charge in [0.1, 0.15) is 0 Å². The van der Waals surface area contributed by atoms with Crippen LogP contribution in [0.5, 0.6) is 0 Å². The van der Waals surface area contributed by atoms with Crippen molar-refractivity contribution in [3.8, 4) is 0 Å². The third-order valence-electron chi connectivity index (χ3n) is 3.88. The van der Waals surface area contributed by atoms with E-state index in [-0.39, 0.29) is 5.91 Å². The molecule has 0 saturated carbocycles. The number of amides is 1. The summed E-state index contributed by atoms with van der Waals surface area (Å²) in [6, 6.07) is 12.4. The average Bonchev–Trinajstić information content (AvgIpc) is 2.54. The largest absolute Gasteiger partial charge is 0.448 e. The van der Waals surface area contributed by atoms with Crippen molar-refractivity contribution < 1.29 is 14.3 Å². The molecule has 0 spiro atoms. The second-order valence-corrected chi connectivity index (χ2v) is 6.18. The summed E-state index contributed by atoms with van der Waals surface area (Å²) in [6.45, 7) is 0. The van der Waals surface area contributed by atoms with Gasteiger partial charge in [-0.05, 0) is 23.8 Å². The number of hydrogen-bond donors (Lipinski definition) is 1. The first-order valence-corrected chi connectivity index (χ1v) is 7.90. The first kappa shape index (κ1) is 16.3. The summed E-state index contributed by atoms with van der Waals surface area (Å²) in [4.78, 5) is 26.4. The molecule has 0 saturated heterocycles. The first-order chi connectivity index (χ1) is 11.5. The Labute approximate surface area is 145 Å². The van der Waals surface area contributed by atoms with Crippen LogP contribution in [0.4, 0.5) is 11.4 Å². The number of esters is 1. The second kappa shape index (κ2) is 6.53. The molecule has 1 amide bonds. The first-order valence-electron chi connectivity index (χ1n) is 7.53. The van der Waals surface area contributed by atoms with E-state index < -0.39 is 12.1 Å². The van der Waals surface area contributed by atoms with Gasteiger partial charge in [-0.1, -0.05) is 35.9 Å². The fourth-order valence-electron chi connectivity index (χ4n) is 2.76. The van der Waals surface area contributed by atoms with Crippen molar-refractivity contribution >= 4 is 34.9 Å². The maximum absolute atomic E-state index is 12.6. The molecule has 1 N–H and O–H groups in total. The number of benzene rings is 2. The third-order valence-corrected chi connectivity index (χ3v) is 4.18. The summed E-state index contributed by atoms with van der Waals surface area (Å²) in [5.74, 6) is -0.848. The van der Waals surface area contributed by atoms with Crippen molar-refractivity contribution in [3.05, 3.63) is 58.6 Å². The highest BCUT2D eigenvalue weighted by Crippen LogP contribution is 2.33. The van der Waals surface area contributed by atoms with Crippen molar-refractivity contribution in [3.63, 3.8) is 0 Å². The molecule has 0 aromatic heterocycles. The van der Waals surface area contributed by atoms with Crippen molar-refractivity contribution in [2.24, 2.45) is 0 Å². The number of carbonyl (C=O) groups excluding carboxylic acids is 2. The van der Waals surface area contributed by atoms with Crippen LogP contribution in [-0.4, -0.2) is 32.1 Å². The van der Waals surface area contributed by atoms with E-state index in [9.17, 15) is 9.59 Å². The lowest BCUT2D eigenvalue weighted by molar-refractivity contribution is -0.125. The summed E-state index contributed by atoms with van der Waals surface area (Å²) < 4.78 is 5.28. The van der Waals surface area contributed by atoms with Crippen LogP contribution < -0.4 is 10.2 Å². The smallest absolute Gasteiger partial charge is 0.339 e. The minimum absolute atomic E-state index is 0.353. The van der Waals surface area contributed by atoms with E-state index >= 15 is 0 Å². The fourth-order valence-corrected chi connectivity index (χ4v) is 3.11. The summed E-state index contributed by atoms with van der Waals surface area (Å²) in [6.07, 6.45) is -0.507. The van der Waals surface area contributed by atoms with Gasteiger partial charge in [0.25, 0.3) is 5.91 Å². The van der Waals surface area contributed by atoms with E-state index in [2.05, 4.69) is 5.32 Å². The second-order valence-electron chi connectivity index (χ2n) is 5.77. The monoisotopic (exact) mass is 344 g/mol. The van der Waals surface area contributed by atoms with Gasteiger partial charge in [-0.25, -0.2) is 4.79 Å². The standard InChI is InChI=1S/C18H17ClN2O3/c1-21(2)16-13(19)8-5-9-14(16)20-17(22)15-10-11-6-3-4-7-12(11)18(23)24-15/h3-9,15H,10H2,1-2H3,(H,20,22). The van der Waals surface area contributed by atoms with Gasteiger partial charge in [0, 0.05) is 20.5 Å². The molecule has 6 heteroatoms. The highest BCUT2D eigenvalue weighted by atomic mass is 35.5. The van der Waals surface area contributed by atoms with Crippen molar-refractivity contribution in [2.75, 3.05) is 24.3 Å². The lowest BCUT2D eigenvalue weighted by Gasteiger charge is -2.25. The van der Waals surface area contributed by atoms with Crippen molar-refractivity contribution in [2.45, 2.75) is 12.5 Å². The number of nitrogens with one attached hydrogen (secondary N) is 1. The van der Waals surface area contributed by atoms with Gasteiger partial charge in [0.15, 0.2) is 6.10 Å². The molecule has 1 heterocycles. The van der Waals surface area contributed by atoms with Crippen LogP contribution in [0.25, 0.3) is 0 Å². The van der Waals surface area contributed by atoms with E-state index in [0.29, 0.717) is 28.4 Å². The Morgan fingerprint density at radius 3 is 2.71 bits per heavy atom. The Morgan fingerprint density at radius 2 is 1.96 bits per heavy atom. The third kappa shape index (κ3) is 3.08. The van der Waals surface area contributed by atoms with Crippen LogP contribution in [0.2, 0.25) is 5.02 Å². The molecule has 124 valence electrons. The molecule has 0 bridgehead atoms. The molecule has 1 aliphatic rings. The fraction of sp³-hybridized carbons (Fsp3) is 0.222. The van der Waals surface area contributed by atoms with E-state index in [1.54, 1.807) is 30.3 Å². The van der Waals surface area contributed by atoms with Gasteiger partial charge in [0.2, 0.25) is 0 Å². The van der Waals surface area contributed by atoms with Crippen molar-refractivity contribution in [1.29, 1.82) is 0 Å². The SMILES string of the molecule is CN(C)c1c(Cl)cccc1NC(=O)C1Cc2ccccc2C(=O)O1. The van der Waals surface area contributed by atoms with Crippen LogP contribution in [0.3, 0.4) is 0 Å². The molecular formula is C18H17ClN2O3. The Hall–Kier alpha value is -2.53. The summed E-state index contributed by atoms with van der Waals surface area (Å²) in [5.41, 5.74) is 2.61. The summed E-state index contributed by atoms with van der Waals surface area (Å²) >= 11 is 6.21. The summed E-state index contributed by atoms with van der Waals surface area (Å²) in [7, 11) is 3.68. The lowest BCUT2D eigenvalue weighted by Crippen LogP contribution is -2.38. The number of carbonyl (C=O) groups is 2. The van der Waals surface area contributed by atoms with Crippen LogP contribution in [0, 0.1) is 0 Å². The number of nitrogens with zero attached hydrogens (tertiary/aromatic N) is 1. The van der Waals surface area contributed by atoms with Gasteiger partial charge in [-0.15, -0.1) is 0 Å². The number of ether oxygens (including phenoxy) is 1. The quantitative estimate of drug-likeness (QED) is 0.869. The van der Waals surface area contributed by atoms with E-state index in [1.807, 2.05) is 31.1 Å². The molecule has 1 unspecified atom stereocenters. The zero-order valence-electron chi connectivity index (χ0n) is 13.4. The molecule has 5 nitrogen and oxygen atoms in total. The van der Waals surface area contributed by atoms with E-state index in [1.165, 1.54) is 0 Å². The van der Waals surface area contributed by atoms with Crippen LogP contribution in [-0.2, 0) is 16.0 Å². The number of cyclic esters (lactones) is 1. The number of hydrogen-bond acceptors (Lipinski definition) is 4. The Bertz CT molecular complexity index is 805. The Kier molecular flexibility index (Phi) is 4.44. The molecule has 1 aliphatic heterocycles. The molecule has 1 atom stereocenters. The predicted octanol–water partition coefficient (Wildman–Crippen LogP) is 3.13. The average molecular weight is 345 g/mol. The number of para-hydroxylation sites is 1. The summed E-state index contributed by atoms with van der Waals surface area (Å²) in [5, 5.41) is 3.34. The van der Waals surface area contributed by atoms with Crippen LogP contribution in [0.15, 0.2) is 42.5 Å². The maximum atomic E-state index is 12.6. The lowest BCUT2D eigenvalue weighted by atomic mass is 9.98. The number of anilines is 2. The van der Waals surface area contributed by atoms with Crippen LogP contribution in [0.1, 0.15) is 15.9 Å². The van der Waals surface area contributed by atoms with Crippen LogP contribution >= 0.6 is 11.6 Å². The predicted molar refractivity (Wildman–Crippen MR) is 93.8 cm³/mol. The Morgan fingerprint density at radius 1 is 1.21 bits per heavy atom. The van der Waals surface area contributed by atoms with E-state index in [4.69, 9.17) is 16.3 Å². The molecule has 0 aliphatic carbocycles. The number of halogens is 1. The highest BCUT2D eigenvalue weighted by Gasteiger charge is 2.31. The number of rotatable bonds is 3. The van der Waals surface area contributed by atoms with Gasteiger partial charge in [0.05, 0.1) is 22.0 Å². The Balaban J connectivity index is 1.82. The molecule has 2 aromatic carbocycles. The normalized spacial score (nSPS) is 16.1.